The molecule has 0 unspecified atom stereocenters. The van der Waals surface area contributed by atoms with Crippen LogP contribution in [0.15, 0.2) is 18.2 Å². The van der Waals surface area contributed by atoms with Crippen molar-refractivity contribution >= 4 is 27.4 Å². The summed E-state index contributed by atoms with van der Waals surface area (Å²) in [5, 5.41) is 7.88. The van der Waals surface area contributed by atoms with E-state index in [2.05, 4.69) is 5.32 Å². The van der Waals surface area contributed by atoms with E-state index in [4.69, 9.17) is 15.6 Å². The van der Waals surface area contributed by atoms with Crippen molar-refractivity contribution in [2.75, 3.05) is 30.0 Å². The van der Waals surface area contributed by atoms with Crippen LogP contribution in [0.1, 0.15) is 23.7 Å². The second-order valence-electron chi connectivity index (χ2n) is 4.17. The molecule has 112 valence electrons. The van der Waals surface area contributed by atoms with E-state index in [1.165, 1.54) is 6.07 Å². The van der Waals surface area contributed by atoms with E-state index in [1.54, 1.807) is 19.1 Å². The summed E-state index contributed by atoms with van der Waals surface area (Å²) in [6.07, 6.45) is 0.339. The van der Waals surface area contributed by atoms with Crippen LogP contribution in [0.25, 0.3) is 0 Å². The van der Waals surface area contributed by atoms with Gasteiger partial charge in [0.2, 0.25) is 10.0 Å². The van der Waals surface area contributed by atoms with Crippen LogP contribution in [0, 0.1) is 0 Å². The molecule has 1 aromatic rings. The fourth-order valence-electron chi connectivity index (χ4n) is 1.59. The van der Waals surface area contributed by atoms with E-state index in [9.17, 15) is 13.2 Å². The maximum Gasteiger partial charge on any atom is 0.340 e. The van der Waals surface area contributed by atoms with Gasteiger partial charge in [0, 0.05) is 17.9 Å². The van der Waals surface area contributed by atoms with Gasteiger partial charge in [-0.15, -0.1) is 0 Å². The Kier molecular flexibility index (Phi) is 5.78. The summed E-state index contributed by atoms with van der Waals surface area (Å²) in [6, 6.07) is 4.81. The number of primary sulfonamides is 1. The number of nitrogens with two attached hydrogens (primary N) is 2. The van der Waals surface area contributed by atoms with Crippen molar-refractivity contribution in [1.82, 2.24) is 0 Å². The molecule has 1 rings (SSSR count). The second kappa shape index (κ2) is 7.11. The van der Waals surface area contributed by atoms with Crippen molar-refractivity contribution in [3.8, 4) is 0 Å². The second-order valence-corrected chi connectivity index (χ2v) is 5.91. The summed E-state index contributed by atoms with van der Waals surface area (Å²) < 4.78 is 26.5. The molecular formula is C12H19N3O4S. The Bertz CT molecular complexity index is 572. The first kappa shape index (κ1) is 16.3. The minimum Gasteiger partial charge on any atom is -0.462 e. The standard InChI is InChI=1S/C12H19N3O4S/c1-2-19-12(16)10-8-9(13)4-5-11(10)15-6-3-7-20(14,17)18/h4-5,8,15H,2-3,6-7,13H2,1H3,(H2,14,17,18). The Hall–Kier alpha value is -1.80. The number of ether oxygens (including phenoxy) is 1. The fraction of sp³-hybridized carbons (Fsp3) is 0.417. The predicted octanol–water partition coefficient (Wildman–Crippen LogP) is 0.536. The monoisotopic (exact) mass is 301 g/mol. The molecule has 0 heterocycles. The topological polar surface area (TPSA) is 125 Å². The number of nitrogen functional groups attached to an aromatic ring is 1. The molecule has 0 saturated carbocycles. The zero-order valence-corrected chi connectivity index (χ0v) is 12.1. The van der Waals surface area contributed by atoms with E-state index in [0.29, 0.717) is 29.9 Å². The van der Waals surface area contributed by atoms with Crippen molar-refractivity contribution in [3.63, 3.8) is 0 Å². The predicted molar refractivity (Wildman–Crippen MR) is 77.9 cm³/mol. The van der Waals surface area contributed by atoms with Crippen LogP contribution in [0.2, 0.25) is 0 Å². The van der Waals surface area contributed by atoms with E-state index < -0.39 is 16.0 Å². The number of hydrogen-bond donors (Lipinski definition) is 3. The van der Waals surface area contributed by atoms with Gasteiger partial charge in [0.1, 0.15) is 0 Å². The van der Waals surface area contributed by atoms with Crippen LogP contribution in [-0.2, 0) is 14.8 Å². The van der Waals surface area contributed by atoms with Crippen molar-refractivity contribution < 1.29 is 17.9 Å². The van der Waals surface area contributed by atoms with Crippen LogP contribution >= 0.6 is 0 Å². The third-order valence-corrected chi connectivity index (χ3v) is 3.32. The lowest BCUT2D eigenvalue weighted by molar-refractivity contribution is 0.0527. The van der Waals surface area contributed by atoms with Gasteiger partial charge in [-0.2, -0.15) is 0 Å². The molecule has 0 aliphatic carbocycles. The molecule has 0 spiro atoms. The molecule has 7 nitrogen and oxygen atoms in total. The van der Waals surface area contributed by atoms with Crippen molar-refractivity contribution in [3.05, 3.63) is 23.8 Å². The molecule has 0 saturated heterocycles. The zero-order valence-electron chi connectivity index (χ0n) is 11.3. The molecule has 8 heteroatoms. The van der Waals surface area contributed by atoms with Gasteiger partial charge < -0.3 is 15.8 Å². The van der Waals surface area contributed by atoms with Gasteiger partial charge in [-0.1, -0.05) is 0 Å². The molecule has 0 bridgehead atoms. The third-order valence-electron chi connectivity index (χ3n) is 2.46. The minimum absolute atomic E-state index is 0.121. The maximum atomic E-state index is 11.8. The Morgan fingerprint density at radius 3 is 2.70 bits per heavy atom. The highest BCUT2D eigenvalue weighted by Crippen LogP contribution is 2.20. The maximum absolute atomic E-state index is 11.8. The summed E-state index contributed by atoms with van der Waals surface area (Å²) in [5.74, 6) is -0.599. The van der Waals surface area contributed by atoms with Gasteiger partial charge in [0.05, 0.1) is 17.9 Å². The zero-order chi connectivity index (χ0) is 15.2. The van der Waals surface area contributed by atoms with Crippen LogP contribution in [-0.4, -0.2) is 33.3 Å². The smallest absolute Gasteiger partial charge is 0.340 e. The quantitative estimate of drug-likeness (QED) is 0.383. The van der Waals surface area contributed by atoms with E-state index in [0.717, 1.165) is 0 Å². The average Bonchev–Trinajstić information content (AvgIpc) is 2.35. The summed E-state index contributed by atoms with van der Waals surface area (Å²) in [4.78, 5) is 11.8. The SMILES string of the molecule is CCOC(=O)c1cc(N)ccc1NCCCS(N)(=O)=O. The molecule has 5 N–H and O–H groups in total. The molecule has 1 aromatic carbocycles. The molecule has 0 amide bonds. The first-order valence-corrected chi connectivity index (χ1v) is 7.86. The first-order valence-electron chi connectivity index (χ1n) is 6.14. The Balaban J connectivity index is 2.71. The normalized spacial score (nSPS) is 11.1. The number of benzene rings is 1. The number of rotatable bonds is 7. The lowest BCUT2D eigenvalue weighted by Crippen LogP contribution is -2.19. The summed E-state index contributed by atoms with van der Waals surface area (Å²) in [5.41, 5.74) is 6.96. The van der Waals surface area contributed by atoms with Crippen molar-refractivity contribution in [2.45, 2.75) is 13.3 Å². The summed E-state index contributed by atoms with van der Waals surface area (Å²) in [7, 11) is -3.47. The van der Waals surface area contributed by atoms with Crippen LogP contribution in [0.5, 0.6) is 0 Å². The van der Waals surface area contributed by atoms with Gasteiger partial charge >= 0.3 is 5.97 Å². The minimum atomic E-state index is -3.47. The van der Waals surface area contributed by atoms with Crippen LogP contribution in [0.3, 0.4) is 0 Å². The number of hydrogen-bond acceptors (Lipinski definition) is 6. The summed E-state index contributed by atoms with van der Waals surface area (Å²) >= 11 is 0. The molecule has 0 fully saturated rings. The number of sulfonamides is 1. The van der Waals surface area contributed by atoms with Crippen LogP contribution < -0.4 is 16.2 Å². The lowest BCUT2D eigenvalue weighted by atomic mass is 10.1. The molecule has 0 aliphatic rings. The Morgan fingerprint density at radius 2 is 2.10 bits per heavy atom. The highest BCUT2D eigenvalue weighted by atomic mass is 32.2. The lowest BCUT2D eigenvalue weighted by Gasteiger charge is -2.12. The molecule has 20 heavy (non-hydrogen) atoms. The Labute approximate surface area is 118 Å². The number of nitrogens with one attached hydrogen (secondary N) is 1. The van der Waals surface area contributed by atoms with Gasteiger partial charge in [-0.05, 0) is 31.5 Å². The number of anilines is 2. The van der Waals surface area contributed by atoms with Gasteiger partial charge in [0.25, 0.3) is 0 Å². The average molecular weight is 301 g/mol. The Morgan fingerprint density at radius 1 is 1.40 bits per heavy atom. The highest BCUT2D eigenvalue weighted by Gasteiger charge is 2.13. The highest BCUT2D eigenvalue weighted by molar-refractivity contribution is 7.89. The number of carbonyl (C=O) groups is 1. The number of carbonyl (C=O) groups excluding carboxylic acids is 1. The summed E-state index contributed by atoms with van der Waals surface area (Å²) in [6.45, 7) is 2.34. The van der Waals surface area contributed by atoms with Gasteiger partial charge in [0.15, 0.2) is 0 Å². The third kappa shape index (κ3) is 5.45. The van der Waals surface area contributed by atoms with Gasteiger partial charge in [-0.25, -0.2) is 18.4 Å². The fourth-order valence-corrected chi connectivity index (χ4v) is 2.14. The van der Waals surface area contributed by atoms with E-state index >= 15 is 0 Å². The molecule has 0 aromatic heterocycles. The largest absolute Gasteiger partial charge is 0.462 e. The van der Waals surface area contributed by atoms with Crippen LogP contribution in [0.4, 0.5) is 11.4 Å². The first-order chi connectivity index (χ1) is 9.33. The van der Waals surface area contributed by atoms with E-state index in [-0.39, 0.29) is 12.4 Å². The molecule has 0 radical (unpaired) electrons. The van der Waals surface area contributed by atoms with E-state index in [1.807, 2.05) is 0 Å². The number of esters is 1. The van der Waals surface area contributed by atoms with Crippen molar-refractivity contribution in [2.24, 2.45) is 5.14 Å². The molecule has 0 atom stereocenters. The van der Waals surface area contributed by atoms with Crippen molar-refractivity contribution in [1.29, 1.82) is 0 Å². The van der Waals surface area contributed by atoms with Gasteiger partial charge in [-0.3, -0.25) is 0 Å². The molecule has 0 aliphatic heterocycles. The molecular weight excluding hydrogens is 282 g/mol.